The lowest BCUT2D eigenvalue weighted by Gasteiger charge is -2.41. The Kier molecular flexibility index (Phi) is 3.12. The largest absolute Gasteiger partial charge is 0.397 e. The summed E-state index contributed by atoms with van der Waals surface area (Å²) < 4.78 is 0. The molecule has 4 N–H and O–H groups in total. The molecule has 0 bridgehead atoms. The Morgan fingerprint density at radius 3 is 2.90 bits per heavy atom. The van der Waals surface area contributed by atoms with Gasteiger partial charge in [0, 0.05) is 6.54 Å². The van der Waals surface area contributed by atoms with Gasteiger partial charge in [0.25, 0.3) is 5.56 Å². The van der Waals surface area contributed by atoms with E-state index in [0.717, 1.165) is 12.2 Å². The molecule has 0 amide bonds. The lowest BCUT2D eigenvalue weighted by molar-refractivity contribution is 0.145. The first-order valence-electron chi connectivity index (χ1n) is 7.14. The number of anilines is 2. The number of hydrogen-bond acceptors (Lipinski definition) is 4. The Morgan fingerprint density at radius 1 is 1.45 bits per heavy atom. The maximum absolute atomic E-state index is 11.7. The molecule has 1 aliphatic carbocycles. The van der Waals surface area contributed by atoms with Crippen molar-refractivity contribution in [3.05, 3.63) is 28.8 Å². The van der Waals surface area contributed by atoms with E-state index in [1.165, 1.54) is 32.0 Å². The summed E-state index contributed by atoms with van der Waals surface area (Å²) >= 11 is 0. The minimum absolute atomic E-state index is 0.155. The van der Waals surface area contributed by atoms with Crippen LogP contribution in [0.4, 0.5) is 11.4 Å². The van der Waals surface area contributed by atoms with E-state index in [2.05, 4.69) is 22.2 Å². The third-order valence-electron chi connectivity index (χ3n) is 4.63. The Labute approximate surface area is 117 Å². The maximum atomic E-state index is 11.7. The SMILES string of the molecule is CCC1(CNc2cc3nc[nH]c(=O)c3cc2N)CCC1. The van der Waals surface area contributed by atoms with Crippen molar-refractivity contribution in [1.82, 2.24) is 9.97 Å². The summed E-state index contributed by atoms with van der Waals surface area (Å²) in [5.74, 6) is 0. The van der Waals surface area contributed by atoms with Crippen LogP contribution < -0.4 is 16.6 Å². The van der Waals surface area contributed by atoms with Crippen LogP contribution in [0.5, 0.6) is 0 Å². The van der Waals surface area contributed by atoms with Gasteiger partial charge in [-0.25, -0.2) is 4.98 Å². The second kappa shape index (κ2) is 4.81. The van der Waals surface area contributed by atoms with E-state index in [9.17, 15) is 4.79 Å². The van der Waals surface area contributed by atoms with E-state index in [1.807, 2.05) is 6.07 Å². The number of rotatable bonds is 4. The molecule has 106 valence electrons. The third-order valence-corrected chi connectivity index (χ3v) is 4.63. The molecule has 5 nitrogen and oxygen atoms in total. The standard InChI is InChI=1S/C15H20N4O/c1-2-15(4-3-5-15)8-17-13-7-12-10(6-11(13)16)14(20)19-9-18-12/h6-7,9,17H,2-5,8,16H2,1H3,(H,18,19,20). The van der Waals surface area contributed by atoms with E-state index in [0.29, 0.717) is 22.0 Å². The highest BCUT2D eigenvalue weighted by Gasteiger charge is 2.34. The van der Waals surface area contributed by atoms with Crippen LogP contribution in [-0.2, 0) is 0 Å². The summed E-state index contributed by atoms with van der Waals surface area (Å²) in [6, 6.07) is 3.56. The zero-order valence-corrected chi connectivity index (χ0v) is 11.7. The molecular formula is C15H20N4O. The van der Waals surface area contributed by atoms with Crippen molar-refractivity contribution >= 4 is 22.3 Å². The van der Waals surface area contributed by atoms with Gasteiger partial charge in [0.15, 0.2) is 0 Å². The molecule has 1 saturated carbocycles. The molecule has 1 aromatic heterocycles. The number of nitrogens with zero attached hydrogens (tertiary/aromatic N) is 1. The topological polar surface area (TPSA) is 83.8 Å². The van der Waals surface area contributed by atoms with Crippen molar-refractivity contribution in [3.63, 3.8) is 0 Å². The molecule has 1 aliphatic rings. The highest BCUT2D eigenvalue weighted by atomic mass is 16.1. The number of nitrogens with two attached hydrogens (primary N) is 1. The molecule has 3 rings (SSSR count). The van der Waals surface area contributed by atoms with E-state index in [1.54, 1.807) is 6.07 Å². The number of aromatic nitrogens is 2. The Bertz CT molecular complexity index is 682. The summed E-state index contributed by atoms with van der Waals surface area (Å²) in [7, 11) is 0. The van der Waals surface area contributed by atoms with Gasteiger partial charge in [-0.05, 0) is 36.8 Å². The number of benzene rings is 1. The number of aromatic amines is 1. The predicted molar refractivity (Wildman–Crippen MR) is 81.8 cm³/mol. The summed E-state index contributed by atoms with van der Waals surface area (Å²) in [6.07, 6.45) is 6.49. The molecule has 20 heavy (non-hydrogen) atoms. The fourth-order valence-corrected chi connectivity index (χ4v) is 2.90. The first-order valence-corrected chi connectivity index (χ1v) is 7.14. The van der Waals surface area contributed by atoms with Gasteiger partial charge in [-0.3, -0.25) is 4.79 Å². The van der Waals surface area contributed by atoms with Crippen molar-refractivity contribution in [3.8, 4) is 0 Å². The molecule has 5 heteroatoms. The Morgan fingerprint density at radius 2 is 2.25 bits per heavy atom. The van der Waals surface area contributed by atoms with Gasteiger partial charge in [0.05, 0.1) is 28.6 Å². The zero-order valence-electron chi connectivity index (χ0n) is 11.7. The molecule has 0 unspecified atom stereocenters. The molecule has 1 aromatic carbocycles. The van der Waals surface area contributed by atoms with Crippen LogP contribution >= 0.6 is 0 Å². The average molecular weight is 272 g/mol. The van der Waals surface area contributed by atoms with Crippen molar-refractivity contribution in [2.75, 3.05) is 17.6 Å². The fraction of sp³-hybridized carbons (Fsp3) is 0.467. The molecule has 2 aromatic rings. The van der Waals surface area contributed by atoms with Gasteiger partial charge < -0.3 is 16.0 Å². The average Bonchev–Trinajstić information content (AvgIpc) is 2.40. The van der Waals surface area contributed by atoms with E-state index in [4.69, 9.17) is 5.73 Å². The van der Waals surface area contributed by atoms with Crippen molar-refractivity contribution in [2.24, 2.45) is 5.41 Å². The van der Waals surface area contributed by atoms with Crippen LogP contribution in [0.25, 0.3) is 10.9 Å². The highest BCUT2D eigenvalue weighted by molar-refractivity contribution is 5.88. The van der Waals surface area contributed by atoms with Crippen molar-refractivity contribution in [2.45, 2.75) is 32.6 Å². The Balaban J connectivity index is 1.88. The molecule has 1 heterocycles. The second-order valence-corrected chi connectivity index (χ2v) is 5.75. The molecule has 0 spiro atoms. The zero-order chi connectivity index (χ0) is 14.2. The number of nitrogen functional groups attached to an aromatic ring is 1. The van der Waals surface area contributed by atoms with Crippen LogP contribution in [0, 0.1) is 5.41 Å². The quantitative estimate of drug-likeness (QED) is 0.747. The van der Waals surface area contributed by atoms with Gasteiger partial charge in [-0.1, -0.05) is 13.3 Å². The van der Waals surface area contributed by atoms with Gasteiger partial charge >= 0.3 is 0 Å². The normalized spacial score (nSPS) is 16.9. The molecular weight excluding hydrogens is 252 g/mol. The lowest BCUT2D eigenvalue weighted by atomic mass is 9.67. The summed E-state index contributed by atoms with van der Waals surface area (Å²) in [5.41, 5.74) is 8.45. The van der Waals surface area contributed by atoms with Crippen molar-refractivity contribution < 1.29 is 0 Å². The van der Waals surface area contributed by atoms with Crippen LogP contribution in [0.1, 0.15) is 32.6 Å². The van der Waals surface area contributed by atoms with Crippen LogP contribution in [0.2, 0.25) is 0 Å². The predicted octanol–water partition coefficient (Wildman–Crippen LogP) is 2.50. The highest BCUT2D eigenvalue weighted by Crippen LogP contribution is 2.44. The second-order valence-electron chi connectivity index (χ2n) is 5.75. The molecule has 0 saturated heterocycles. The van der Waals surface area contributed by atoms with Crippen LogP contribution in [0.15, 0.2) is 23.3 Å². The van der Waals surface area contributed by atoms with Crippen LogP contribution in [-0.4, -0.2) is 16.5 Å². The summed E-state index contributed by atoms with van der Waals surface area (Å²) in [5, 5.41) is 3.97. The molecule has 0 aliphatic heterocycles. The van der Waals surface area contributed by atoms with Crippen LogP contribution in [0.3, 0.4) is 0 Å². The van der Waals surface area contributed by atoms with E-state index >= 15 is 0 Å². The van der Waals surface area contributed by atoms with Gasteiger partial charge in [0.2, 0.25) is 0 Å². The van der Waals surface area contributed by atoms with Gasteiger partial charge in [-0.2, -0.15) is 0 Å². The molecule has 0 atom stereocenters. The summed E-state index contributed by atoms with van der Waals surface area (Å²) in [6.45, 7) is 3.17. The van der Waals surface area contributed by atoms with Crippen molar-refractivity contribution in [1.29, 1.82) is 0 Å². The maximum Gasteiger partial charge on any atom is 0.258 e. The fourth-order valence-electron chi connectivity index (χ4n) is 2.90. The number of fused-ring (bicyclic) bond motifs is 1. The van der Waals surface area contributed by atoms with E-state index < -0.39 is 0 Å². The number of H-pyrrole nitrogens is 1. The van der Waals surface area contributed by atoms with E-state index in [-0.39, 0.29) is 5.56 Å². The first kappa shape index (κ1) is 13.0. The monoisotopic (exact) mass is 272 g/mol. The Hall–Kier alpha value is -2.04. The minimum Gasteiger partial charge on any atom is -0.397 e. The number of nitrogens with one attached hydrogen (secondary N) is 2. The molecule has 1 fully saturated rings. The first-order chi connectivity index (χ1) is 9.63. The summed E-state index contributed by atoms with van der Waals surface area (Å²) in [4.78, 5) is 18.4. The van der Waals surface area contributed by atoms with Gasteiger partial charge in [-0.15, -0.1) is 0 Å². The minimum atomic E-state index is -0.155. The lowest BCUT2D eigenvalue weighted by Crippen LogP contribution is -2.36. The number of hydrogen-bond donors (Lipinski definition) is 3. The molecule has 0 radical (unpaired) electrons. The van der Waals surface area contributed by atoms with Gasteiger partial charge in [0.1, 0.15) is 0 Å². The smallest absolute Gasteiger partial charge is 0.258 e. The third kappa shape index (κ3) is 2.13.